The molecule has 0 bridgehead atoms. The summed E-state index contributed by atoms with van der Waals surface area (Å²) >= 11 is 0. The SMILES string of the molecule is O=C(c1ccc2c(c1)CCN2)N1CCC2CCCCC21. The number of hydrogen-bond donors (Lipinski definition) is 1. The van der Waals surface area contributed by atoms with E-state index >= 15 is 0 Å². The maximum absolute atomic E-state index is 12.8. The number of benzene rings is 1. The molecule has 1 amide bonds. The molecule has 0 spiro atoms. The Morgan fingerprint density at radius 2 is 2.10 bits per heavy atom. The van der Waals surface area contributed by atoms with Crippen LogP contribution >= 0.6 is 0 Å². The van der Waals surface area contributed by atoms with Crippen LogP contribution in [0.4, 0.5) is 5.69 Å². The number of likely N-dealkylation sites (tertiary alicyclic amines) is 1. The molecule has 1 saturated carbocycles. The van der Waals surface area contributed by atoms with Crippen molar-refractivity contribution in [2.75, 3.05) is 18.4 Å². The molecule has 2 fully saturated rings. The summed E-state index contributed by atoms with van der Waals surface area (Å²) in [6, 6.07) is 6.69. The van der Waals surface area contributed by atoms with Crippen LogP contribution in [0.15, 0.2) is 18.2 Å². The molecule has 0 aromatic heterocycles. The normalized spacial score (nSPS) is 27.9. The molecule has 4 rings (SSSR count). The number of hydrogen-bond acceptors (Lipinski definition) is 2. The molecule has 3 nitrogen and oxygen atoms in total. The maximum atomic E-state index is 12.8. The van der Waals surface area contributed by atoms with Gasteiger partial charge in [-0.15, -0.1) is 0 Å². The first-order valence-corrected chi connectivity index (χ1v) is 8.01. The van der Waals surface area contributed by atoms with Gasteiger partial charge in [0, 0.05) is 30.4 Å². The Bertz CT molecular complexity index is 540. The molecule has 20 heavy (non-hydrogen) atoms. The number of rotatable bonds is 1. The Morgan fingerprint density at radius 1 is 1.20 bits per heavy atom. The lowest BCUT2D eigenvalue weighted by Gasteiger charge is -2.31. The number of fused-ring (bicyclic) bond motifs is 2. The Morgan fingerprint density at radius 3 is 3.05 bits per heavy atom. The van der Waals surface area contributed by atoms with Crippen LogP contribution in [-0.2, 0) is 6.42 Å². The van der Waals surface area contributed by atoms with E-state index in [0.29, 0.717) is 6.04 Å². The largest absolute Gasteiger partial charge is 0.384 e. The fourth-order valence-corrected chi connectivity index (χ4v) is 4.26. The lowest BCUT2D eigenvalue weighted by molar-refractivity contribution is 0.0690. The van der Waals surface area contributed by atoms with E-state index in [0.717, 1.165) is 31.0 Å². The topological polar surface area (TPSA) is 32.3 Å². The molecule has 1 aromatic carbocycles. The monoisotopic (exact) mass is 270 g/mol. The van der Waals surface area contributed by atoms with Gasteiger partial charge in [-0.3, -0.25) is 4.79 Å². The Hall–Kier alpha value is -1.51. The van der Waals surface area contributed by atoms with Crippen molar-refractivity contribution in [3.63, 3.8) is 0 Å². The zero-order valence-corrected chi connectivity index (χ0v) is 11.9. The van der Waals surface area contributed by atoms with Crippen molar-refractivity contribution in [2.45, 2.75) is 44.6 Å². The fourth-order valence-electron chi connectivity index (χ4n) is 4.26. The summed E-state index contributed by atoms with van der Waals surface area (Å²) < 4.78 is 0. The third-order valence-electron chi connectivity index (χ3n) is 5.33. The zero-order chi connectivity index (χ0) is 13.5. The number of nitrogens with one attached hydrogen (secondary N) is 1. The van der Waals surface area contributed by atoms with E-state index < -0.39 is 0 Å². The van der Waals surface area contributed by atoms with Gasteiger partial charge < -0.3 is 10.2 Å². The van der Waals surface area contributed by atoms with Crippen molar-refractivity contribution in [2.24, 2.45) is 5.92 Å². The van der Waals surface area contributed by atoms with Gasteiger partial charge in [0.2, 0.25) is 0 Å². The van der Waals surface area contributed by atoms with Crippen LogP contribution in [0.1, 0.15) is 48.0 Å². The van der Waals surface area contributed by atoms with E-state index in [-0.39, 0.29) is 5.91 Å². The van der Waals surface area contributed by atoms with Crippen LogP contribution in [0.2, 0.25) is 0 Å². The molecule has 1 N–H and O–H groups in total. The Labute approximate surface area is 120 Å². The minimum absolute atomic E-state index is 0.258. The number of anilines is 1. The highest BCUT2D eigenvalue weighted by Crippen LogP contribution is 2.37. The van der Waals surface area contributed by atoms with E-state index in [9.17, 15) is 4.79 Å². The van der Waals surface area contributed by atoms with Gasteiger partial charge >= 0.3 is 0 Å². The highest BCUT2D eigenvalue weighted by Gasteiger charge is 2.38. The first-order valence-electron chi connectivity index (χ1n) is 8.01. The van der Waals surface area contributed by atoms with Gasteiger partial charge in [-0.25, -0.2) is 0 Å². The van der Waals surface area contributed by atoms with Gasteiger partial charge in [-0.2, -0.15) is 0 Å². The average Bonchev–Trinajstić information content (AvgIpc) is 3.12. The number of carbonyl (C=O) groups is 1. The van der Waals surface area contributed by atoms with Crippen LogP contribution in [-0.4, -0.2) is 29.9 Å². The molecule has 106 valence electrons. The van der Waals surface area contributed by atoms with Crippen molar-refractivity contribution in [3.8, 4) is 0 Å². The first kappa shape index (κ1) is 12.2. The van der Waals surface area contributed by atoms with Crippen molar-refractivity contribution < 1.29 is 4.79 Å². The van der Waals surface area contributed by atoms with Crippen LogP contribution < -0.4 is 5.32 Å². The summed E-state index contributed by atoms with van der Waals surface area (Å²) in [5.74, 6) is 1.03. The summed E-state index contributed by atoms with van der Waals surface area (Å²) in [6.07, 6.45) is 7.43. The number of carbonyl (C=O) groups excluding carboxylic acids is 1. The zero-order valence-electron chi connectivity index (χ0n) is 11.9. The van der Waals surface area contributed by atoms with E-state index in [1.165, 1.54) is 43.4 Å². The lowest BCUT2D eigenvalue weighted by Crippen LogP contribution is -2.39. The molecular weight excluding hydrogens is 248 g/mol. The van der Waals surface area contributed by atoms with Gasteiger partial charge in [0.05, 0.1) is 0 Å². The second-order valence-electron chi connectivity index (χ2n) is 6.45. The van der Waals surface area contributed by atoms with E-state index in [1.54, 1.807) is 0 Å². The fraction of sp³-hybridized carbons (Fsp3) is 0.588. The van der Waals surface area contributed by atoms with Gasteiger partial charge in [0.1, 0.15) is 0 Å². The predicted molar refractivity (Wildman–Crippen MR) is 80.0 cm³/mol. The molecule has 3 heteroatoms. The van der Waals surface area contributed by atoms with Crippen LogP contribution in [0.5, 0.6) is 0 Å². The molecule has 2 heterocycles. The highest BCUT2D eigenvalue weighted by atomic mass is 16.2. The van der Waals surface area contributed by atoms with E-state index in [1.807, 2.05) is 6.07 Å². The van der Waals surface area contributed by atoms with E-state index in [2.05, 4.69) is 22.3 Å². The van der Waals surface area contributed by atoms with Crippen LogP contribution in [0.25, 0.3) is 0 Å². The Balaban J connectivity index is 1.58. The molecule has 2 aliphatic heterocycles. The molecule has 1 saturated heterocycles. The summed E-state index contributed by atoms with van der Waals surface area (Å²) in [7, 11) is 0. The quantitative estimate of drug-likeness (QED) is 0.850. The summed E-state index contributed by atoms with van der Waals surface area (Å²) in [5, 5.41) is 3.36. The first-order chi connectivity index (χ1) is 9.83. The third-order valence-corrected chi connectivity index (χ3v) is 5.33. The van der Waals surface area contributed by atoms with Crippen LogP contribution in [0.3, 0.4) is 0 Å². The van der Waals surface area contributed by atoms with Gasteiger partial charge in [0.25, 0.3) is 5.91 Å². The average molecular weight is 270 g/mol. The molecule has 3 aliphatic rings. The van der Waals surface area contributed by atoms with Crippen molar-refractivity contribution in [1.29, 1.82) is 0 Å². The smallest absolute Gasteiger partial charge is 0.254 e. The maximum Gasteiger partial charge on any atom is 0.254 e. The van der Waals surface area contributed by atoms with Gasteiger partial charge in [-0.1, -0.05) is 12.8 Å². The number of amides is 1. The highest BCUT2D eigenvalue weighted by molar-refractivity contribution is 5.95. The van der Waals surface area contributed by atoms with Crippen molar-refractivity contribution in [3.05, 3.63) is 29.3 Å². The van der Waals surface area contributed by atoms with E-state index in [4.69, 9.17) is 0 Å². The second kappa shape index (κ2) is 4.80. The summed E-state index contributed by atoms with van der Waals surface area (Å²) in [4.78, 5) is 15.0. The third kappa shape index (κ3) is 1.91. The second-order valence-corrected chi connectivity index (χ2v) is 6.45. The number of nitrogens with zero attached hydrogens (tertiary/aromatic N) is 1. The molecule has 1 aliphatic carbocycles. The molecule has 1 aromatic rings. The molecule has 2 unspecified atom stereocenters. The predicted octanol–water partition coefficient (Wildman–Crippen LogP) is 3.06. The van der Waals surface area contributed by atoms with Crippen molar-refractivity contribution in [1.82, 2.24) is 4.90 Å². The van der Waals surface area contributed by atoms with Gasteiger partial charge in [-0.05, 0) is 55.4 Å². The summed E-state index contributed by atoms with van der Waals surface area (Å²) in [5.41, 5.74) is 3.40. The Kier molecular flexibility index (Phi) is 2.94. The minimum atomic E-state index is 0.258. The molecule has 2 atom stereocenters. The molecular formula is C17H22N2O. The molecule has 0 radical (unpaired) electrons. The van der Waals surface area contributed by atoms with Crippen LogP contribution in [0, 0.1) is 5.92 Å². The van der Waals surface area contributed by atoms with Crippen molar-refractivity contribution >= 4 is 11.6 Å². The summed E-state index contributed by atoms with van der Waals surface area (Å²) in [6.45, 7) is 1.96. The lowest BCUT2D eigenvalue weighted by atomic mass is 9.85. The minimum Gasteiger partial charge on any atom is -0.384 e. The standard InChI is InChI=1S/C17H22N2O/c20-17(14-5-6-15-13(11-14)7-9-18-15)19-10-8-12-3-1-2-4-16(12)19/h5-6,11-12,16,18H,1-4,7-10H2. The van der Waals surface area contributed by atoms with Gasteiger partial charge in [0.15, 0.2) is 0 Å².